The Balaban J connectivity index is 1.81. The van der Waals surface area contributed by atoms with Gasteiger partial charge in [-0.05, 0) is 13.3 Å². The number of urea groups is 1. The maximum Gasteiger partial charge on any atom is 0.323 e. The molecular formula is C16H26N4O4S. The Morgan fingerprint density at radius 3 is 2.68 bits per heavy atom. The Labute approximate surface area is 151 Å². The number of carbonyl (C=O) groups is 2. The molecule has 0 saturated carbocycles. The highest BCUT2D eigenvalue weighted by atomic mass is 32.1. The first kappa shape index (κ1) is 19.6. The average molecular weight is 370 g/mol. The normalized spacial score (nSPS) is 16.5. The quantitative estimate of drug-likeness (QED) is 0.700. The van der Waals surface area contributed by atoms with Gasteiger partial charge in [0.2, 0.25) is 0 Å². The molecule has 2 N–H and O–H groups in total. The molecule has 1 aliphatic rings. The van der Waals surface area contributed by atoms with Gasteiger partial charge in [0.1, 0.15) is 0 Å². The third-order valence-corrected chi connectivity index (χ3v) is 5.00. The maximum absolute atomic E-state index is 12.3. The summed E-state index contributed by atoms with van der Waals surface area (Å²) >= 11 is 1.29. The molecule has 1 fully saturated rings. The molecule has 0 bridgehead atoms. The van der Waals surface area contributed by atoms with Gasteiger partial charge in [0, 0.05) is 37.6 Å². The lowest BCUT2D eigenvalue weighted by atomic mass is 10.2. The van der Waals surface area contributed by atoms with Gasteiger partial charge in [-0.1, -0.05) is 6.92 Å². The van der Waals surface area contributed by atoms with Crippen molar-refractivity contribution in [2.75, 3.05) is 44.7 Å². The number of hydrogen-bond acceptors (Lipinski definition) is 7. The molecule has 0 aromatic carbocycles. The summed E-state index contributed by atoms with van der Waals surface area (Å²) in [5.74, 6) is -0.323. The van der Waals surface area contributed by atoms with Gasteiger partial charge in [-0.15, -0.1) is 11.3 Å². The molecular weight excluding hydrogens is 344 g/mol. The van der Waals surface area contributed by atoms with Crippen LogP contribution < -0.4 is 5.32 Å². The van der Waals surface area contributed by atoms with Gasteiger partial charge < -0.3 is 14.7 Å². The number of ether oxygens (including phenoxy) is 1. The number of thiazole rings is 1. The van der Waals surface area contributed by atoms with Crippen molar-refractivity contribution in [1.82, 2.24) is 14.8 Å². The number of carbonyl (C=O) groups excluding carboxylic acids is 2. The van der Waals surface area contributed by atoms with Crippen molar-refractivity contribution in [3.05, 3.63) is 11.1 Å². The molecule has 0 radical (unpaired) electrons. The second-order valence-electron chi connectivity index (χ2n) is 5.82. The van der Waals surface area contributed by atoms with Gasteiger partial charge >= 0.3 is 12.0 Å². The van der Waals surface area contributed by atoms with E-state index >= 15 is 0 Å². The first-order valence-corrected chi connectivity index (χ1v) is 9.46. The molecule has 8 nitrogen and oxygen atoms in total. The topological polar surface area (TPSA) is 95.0 Å². The summed E-state index contributed by atoms with van der Waals surface area (Å²) in [6, 6.07) is -0.0247. The number of rotatable bonds is 7. The van der Waals surface area contributed by atoms with E-state index in [2.05, 4.69) is 22.1 Å². The van der Waals surface area contributed by atoms with Crippen molar-refractivity contribution in [2.24, 2.45) is 0 Å². The second-order valence-corrected chi connectivity index (χ2v) is 6.68. The largest absolute Gasteiger partial charge is 0.466 e. The van der Waals surface area contributed by atoms with Crippen LogP contribution in [-0.2, 0) is 16.0 Å². The lowest BCUT2D eigenvalue weighted by Gasteiger charge is -2.38. The standard InChI is InChI=1S/C16H26N4O4S/c1-3-13(10-21)19-5-7-20(8-6-19)16(23)18-15-17-12(11-25-15)9-14(22)24-4-2/h11,13,21H,3-10H2,1-2H3,(H,17,18,23)/t13-/m0/s1. The van der Waals surface area contributed by atoms with Crippen LogP contribution >= 0.6 is 11.3 Å². The molecule has 0 spiro atoms. The van der Waals surface area contributed by atoms with E-state index < -0.39 is 0 Å². The van der Waals surface area contributed by atoms with Gasteiger partial charge in [0.05, 0.1) is 25.3 Å². The smallest absolute Gasteiger partial charge is 0.323 e. The third kappa shape index (κ3) is 5.65. The van der Waals surface area contributed by atoms with E-state index in [1.165, 1.54) is 11.3 Å². The minimum absolute atomic E-state index is 0.110. The van der Waals surface area contributed by atoms with Crippen LogP contribution in [0.5, 0.6) is 0 Å². The summed E-state index contributed by atoms with van der Waals surface area (Å²) in [4.78, 5) is 32.0. The van der Waals surface area contributed by atoms with Crippen molar-refractivity contribution in [3.63, 3.8) is 0 Å². The molecule has 2 rings (SSSR count). The van der Waals surface area contributed by atoms with Crippen LogP contribution in [0.3, 0.4) is 0 Å². The number of anilines is 1. The van der Waals surface area contributed by atoms with Crippen LogP contribution in [0.1, 0.15) is 26.0 Å². The van der Waals surface area contributed by atoms with Crippen molar-refractivity contribution in [2.45, 2.75) is 32.7 Å². The molecule has 1 atom stereocenters. The first-order valence-electron chi connectivity index (χ1n) is 8.58. The molecule has 0 aliphatic carbocycles. The van der Waals surface area contributed by atoms with Gasteiger partial charge in [-0.3, -0.25) is 15.0 Å². The number of aliphatic hydroxyl groups excluding tert-OH is 1. The summed E-state index contributed by atoms with van der Waals surface area (Å²) in [5.41, 5.74) is 0.595. The zero-order valence-electron chi connectivity index (χ0n) is 14.7. The number of hydrogen-bond donors (Lipinski definition) is 2. The third-order valence-electron chi connectivity index (χ3n) is 4.20. The Bertz CT molecular complexity index is 568. The molecule has 0 unspecified atom stereocenters. The van der Waals surface area contributed by atoms with E-state index in [1.807, 2.05) is 0 Å². The minimum Gasteiger partial charge on any atom is -0.466 e. The Hall–Kier alpha value is -1.71. The lowest BCUT2D eigenvalue weighted by molar-refractivity contribution is -0.142. The van der Waals surface area contributed by atoms with Crippen LogP contribution in [0.15, 0.2) is 5.38 Å². The molecule has 1 aliphatic heterocycles. The highest BCUT2D eigenvalue weighted by Gasteiger charge is 2.25. The van der Waals surface area contributed by atoms with Crippen molar-refractivity contribution >= 4 is 28.5 Å². The van der Waals surface area contributed by atoms with E-state index in [0.717, 1.165) is 19.5 Å². The number of aliphatic hydroxyl groups is 1. The van der Waals surface area contributed by atoms with Crippen molar-refractivity contribution in [1.29, 1.82) is 0 Å². The number of amides is 2. The zero-order chi connectivity index (χ0) is 18.2. The fraction of sp³-hybridized carbons (Fsp3) is 0.688. The molecule has 25 heavy (non-hydrogen) atoms. The first-order chi connectivity index (χ1) is 12.1. The summed E-state index contributed by atoms with van der Waals surface area (Å²) in [6.07, 6.45) is 1.00. The van der Waals surface area contributed by atoms with E-state index in [4.69, 9.17) is 4.74 Å². The molecule has 1 aromatic rings. The predicted octanol–water partition coefficient (Wildman–Crippen LogP) is 1.17. The van der Waals surface area contributed by atoms with Crippen molar-refractivity contribution in [3.8, 4) is 0 Å². The fourth-order valence-corrected chi connectivity index (χ4v) is 3.47. The highest BCUT2D eigenvalue weighted by Crippen LogP contribution is 2.17. The molecule has 140 valence electrons. The van der Waals surface area contributed by atoms with E-state index in [9.17, 15) is 14.7 Å². The minimum atomic E-state index is -0.323. The molecule has 2 heterocycles. The van der Waals surface area contributed by atoms with Crippen molar-refractivity contribution < 1.29 is 19.4 Å². The Kier molecular flexibility index (Phi) is 7.60. The number of piperazine rings is 1. The van der Waals surface area contributed by atoms with E-state index in [0.29, 0.717) is 30.5 Å². The number of nitrogens with zero attached hydrogens (tertiary/aromatic N) is 3. The number of nitrogens with one attached hydrogen (secondary N) is 1. The maximum atomic E-state index is 12.3. The summed E-state index contributed by atoms with van der Waals surface area (Å²) < 4.78 is 4.89. The monoisotopic (exact) mass is 370 g/mol. The Morgan fingerprint density at radius 2 is 2.08 bits per heavy atom. The van der Waals surface area contributed by atoms with Crippen LogP contribution in [0, 0.1) is 0 Å². The lowest BCUT2D eigenvalue weighted by Crippen LogP contribution is -2.53. The Morgan fingerprint density at radius 1 is 1.36 bits per heavy atom. The zero-order valence-corrected chi connectivity index (χ0v) is 15.5. The van der Waals surface area contributed by atoms with E-state index in [1.54, 1.807) is 17.2 Å². The van der Waals surface area contributed by atoms with Gasteiger partial charge in [-0.2, -0.15) is 0 Å². The summed E-state index contributed by atoms with van der Waals surface area (Å²) in [7, 11) is 0. The van der Waals surface area contributed by atoms with Gasteiger partial charge in [-0.25, -0.2) is 9.78 Å². The van der Waals surface area contributed by atoms with E-state index in [-0.39, 0.29) is 31.1 Å². The van der Waals surface area contributed by atoms with Crippen LogP contribution in [0.4, 0.5) is 9.93 Å². The number of aromatic nitrogens is 1. The van der Waals surface area contributed by atoms with Gasteiger partial charge in [0.25, 0.3) is 0 Å². The fourth-order valence-electron chi connectivity index (χ4n) is 2.77. The molecule has 2 amide bonds. The van der Waals surface area contributed by atoms with Crippen LogP contribution in [-0.4, -0.2) is 77.3 Å². The van der Waals surface area contributed by atoms with Crippen LogP contribution in [0.25, 0.3) is 0 Å². The average Bonchev–Trinajstić information content (AvgIpc) is 3.03. The molecule has 1 aromatic heterocycles. The second kappa shape index (κ2) is 9.69. The van der Waals surface area contributed by atoms with Crippen LogP contribution in [0.2, 0.25) is 0 Å². The molecule has 1 saturated heterocycles. The SMILES string of the molecule is CCOC(=O)Cc1csc(NC(=O)N2CCN([C@@H](CC)CO)CC2)n1. The molecule has 9 heteroatoms. The number of esters is 1. The summed E-state index contributed by atoms with van der Waals surface area (Å²) in [6.45, 7) is 7.02. The summed E-state index contributed by atoms with van der Waals surface area (Å²) in [5, 5.41) is 14.4. The predicted molar refractivity (Wildman–Crippen MR) is 95.8 cm³/mol. The highest BCUT2D eigenvalue weighted by molar-refractivity contribution is 7.13. The van der Waals surface area contributed by atoms with Gasteiger partial charge in [0.15, 0.2) is 5.13 Å².